The molecule has 0 saturated heterocycles. The number of aromatic nitrogens is 2. The molecule has 0 spiro atoms. The van der Waals surface area contributed by atoms with Crippen LogP contribution in [-0.4, -0.2) is 15.9 Å². The van der Waals surface area contributed by atoms with Crippen LogP contribution in [0.25, 0.3) is 11.6 Å². The number of benzene rings is 2. The van der Waals surface area contributed by atoms with Gasteiger partial charge in [0.15, 0.2) is 0 Å². The first-order chi connectivity index (χ1) is 12.5. The van der Waals surface area contributed by atoms with E-state index in [4.69, 9.17) is 11.6 Å². The van der Waals surface area contributed by atoms with Crippen LogP contribution in [0.5, 0.6) is 0 Å². The van der Waals surface area contributed by atoms with Crippen LogP contribution in [0.2, 0.25) is 5.02 Å². The molecule has 4 rings (SSSR count). The van der Waals surface area contributed by atoms with Crippen LogP contribution < -0.4 is 27.1 Å². The normalized spacial score (nSPS) is 15.7. The van der Waals surface area contributed by atoms with Crippen molar-refractivity contribution in [2.45, 2.75) is 0 Å². The summed E-state index contributed by atoms with van der Waals surface area (Å²) in [6.45, 7) is 0. The number of aromatic amines is 2. The number of anilines is 1. The molecule has 1 aliphatic heterocycles. The molecule has 6 nitrogen and oxygen atoms in total. The molecular weight excluding hydrogens is 354 g/mol. The average molecular weight is 366 g/mol. The van der Waals surface area contributed by atoms with Gasteiger partial charge in [-0.25, -0.2) is 0 Å². The number of halogens is 1. The van der Waals surface area contributed by atoms with E-state index >= 15 is 0 Å². The van der Waals surface area contributed by atoms with Crippen molar-refractivity contribution in [2.75, 3.05) is 5.32 Å². The van der Waals surface area contributed by atoms with Crippen molar-refractivity contribution >= 4 is 34.8 Å². The van der Waals surface area contributed by atoms with Crippen LogP contribution in [0.1, 0.15) is 11.1 Å². The highest BCUT2D eigenvalue weighted by atomic mass is 35.5. The van der Waals surface area contributed by atoms with E-state index in [9.17, 15) is 14.4 Å². The molecule has 3 aromatic rings. The lowest BCUT2D eigenvalue weighted by Crippen LogP contribution is -2.48. The van der Waals surface area contributed by atoms with Gasteiger partial charge < -0.3 is 15.3 Å². The number of carbonyl (C=O) groups is 1. The van der Waals surface area contributed by atoms with E-state index < -0.39 is 17.0 Å². The summed E-state index contributed by atoms with van der Waals surface area (Å²) in [7, 11) is 0. The molecule has 0 saturated carbocycles. The summed E-state index contributed by atoms with van der Waals surface area (Å²) >= 11 is 5.93. The minimum atomic E-state index is -0.556. The minimum absolute atomic E-state index is 0.0688. The molecule has 0 atom stereocenters. The zero-order valence-corrected chi connectivity index (χ0v) is 14.1. The highest BCUT2D eigenvalue weighted by Gasteiger charge is 2.25. The van der Waals surface area contributed by atoms with Gasteiger partial charge in [-0.2, -0.15) is 0 Å². The summed E-state index contributed by atoms with van der Waals surface area (Å²) in [6, 6.07) is 13.9. The fourth-order valence-electron chi connectivity index (χ4n) is 2.89. The Morgan fingerprint density at radius 2 is 1.69 bits per heavy atom. The Kier molecular flexibility index (Phi) is 3.82. The number of hydrogen-bond donors (Lipinski definition) is 3. The van der Waals surface area contributed by atoms with Crippen molar-refractivity contribution in [3.05, 3.63) is 96.1 Å². The molecule has 2 aromatic carbocycles. The molecule has 2 heterocycles. The van der Waals surface area contributed by atoms with Crippen molar-refractivity contribution in [3.8, 4) is 0 Å². The maximum atomic E-state index is 12.5. The number of para-hydroxylation sites is 1. The second kappa shape index (κ2) is 6.16. The number of H-pyrrole nitrogens is 2. The van der Waals surface area contributed by atoms with Gasteiger partial charge in [-0.1, -0.05) is 41.9 Å². The van der Waals surface area contributed by atoms with E-state index in [0.29, 0.717) is 21.8 Å². The average Bonchev–Trinajstić information content (AvgIpc) is 2.93. The monoisotopic (exact) mass is 365 g/mol. The van der Waals surface area contributed by atoms with E-state index in [1.165, 1.54) is 6.08 Å². The Balaban J connectivity index is 1.98. The highest BCUT2D eigenvalue weighted by molar-refractivity contribution is 6.31. The summed E-state index contributed by atoms with van der Waals surface area (Å²) in [4.78, 5) is 42.3. The minimum Gasteiger partial charge on any atom is -0.321 e. The Hall–Kier alpha value is -3.38. The number of carbonyl (C=O) groups excluding carboxylic acids is 1. The van der Waals surface area contributed by atoms with Gasteiger partial charge in [-0.05, 0) is 29.8 Å². The summed E-state index contributed by atoms with van der Waals surface area (Å²) < 4.78 is 0. The van der Waals surface area contributed by atoms with Gasteiger partial charge in [0.25, 0.3) is 17.0 Å². The van der Waals surface area contributed by atoms with Gasteiger partial charge in [0, 0.05) is 16.3 Å². The molecule has 7 heteroatoms. The van der Waals surface area contributed by atoms with Crippen LogP contribution in [-0.2, 0) is 4.79 Å². The third kappa shape index (κ3) is 2.76. The predicted octanol–water partition coefficient (Wildman–Crippen LogP) is 0.696. The van der Waals surface area contributed by atoms with Crippen molar-refractivity contribution in [1.82, 2.24) is 9.97 Å². The topological polar surface area (TPSA) is 94.8 Å². The Morgan fingerprint density at radius 3 is 2.50 bits per heavy atom. The van der Waals surface area contributed by atoms with E-state index in [-0.39, 0.29) is 16.3 Å². The molecule has 26 heavy (non-hydrogen) atoms. The lowest BCUT2D eigenvalue weighted by Gasteiger charge is -1.98. The fraction of sp³-hybridized carbons (Fsp3) is 0. The number of fused-ring (bicyclic) bond motifs is 1. The second-order valence-electron chi connectivity index (χ2n) is 5.77. The molecule has 1 amide bonds. The zero-order chi connectivity index (χ0) is 18.3. The lowest BCUT2D eigenvalue weighted by atomic mass is 10.1. The largest absolute Gasteiger partial charge is 0.321 e. The van der Waals surface area contributed by atoms with Crippen LogP contribution in [0.4, 0.5) is 5.69 Å². The SMILES string of the molecule is O=C1Nc2ccccc2/C1=c1/[nH]c(=O)/c(=C\c2cccc(Cl)c2)[nH]c1=O. The van der Waals surface area contributed by atoms with Crippen LogP contribution in [0, 0.1) is 0 Å². The van der Waals surface area contributed by atoms with Crippen LogP contribution in [0.15, 0.2) is 58.1 Å². The fourth-order valence-corrected chi connectivity index (χ4v) is 3.08. The van der Waals surface area contributed by atoms with Crippen molar-refractivity contribution in [2.24, 2.45) is 0 Å². The molecule has 3 N–H and O–H groups in total. The lowest BCUT2D eigenvalue weighted by molar-refractivity contribution is -0.110. The van der Waals surface area contributed by atoms with Gasteiger partial charge in [-0.15, -0.1) is 0 Å². The summed E-state index contributed by atoms with van der Waals surface area (Å²) in [5.41, 5.74) is 0.924. The number of rotatable bonds is 1. The Labute approximate surface area is 151 Å². The van der Waals surface area contributed by atoms with Gasteiger partial charge in [0.2, 0.25) is 0 Å². The third-order valence-electron chi connectivity index (χ3n) is 4.04. The second-order valence-corrected chi connectivity index (χ2v) is 6.21. The molecule has 0 radical (unpaired) electrons. The molecule has 0 aliphatic carbocycles. The smallest absolute Gasteiger partial charge is 0.273 e. The van der Waals surface area contributed by atoms with Gasteiger partial charge in [-0.3, -0.25) is 14.4 Å². The molecule has 0 bridgehead atoms. The van der Waals surface area contributed by atoms with E-state index in [1.807, 2.05) is 0 Å². The maximum absolute atomic E-state index is 12.5. The highest BCUT2D eigenvalue weighted by Crippen LogP contribution is 2.28. The molecule has 0 unspecified atom stereocenters. The first-order valence-corrected chi connectivity index (χ1v) is 8.16. The molecule has 0 fully saturated rings. The first-order valence-electron chi connectivity index (χ1n) is 7.78. The maximum Gasteiger partial charge on any atom is 0.273 e. The summed E-state index contributed by atoms with van der Waals surface area (Å²) in [5, 5.41) is 3.21. The molecule has 1 aliphatic rings. The predicted molar refractivity (Wildman–Crippen MR) is 99.5 cm³/mol. The third-order valence-corrected chi connectivity index (χ3v) is 4.27. The van der Waals surface area contributed by atoms with Gasteiger partial charge >= 0.3 is 0 Å². The molecule has 128 valence electrons. The van der Waals surface area contributed by atoms with E-state index in [2.05, 4.69) is 15.3 Å². The van der Waals surface area contributed by atoms with Gasteiger partial charge in [0.1, 0.15) is 10.7 Å². The first kappa shape index (κ1) is 16.1. The van der Waals surface area contributed by atoms with Gasteiger partial charge in [0.05, 0.1) is 5.57 Å². The Morgan fingerprint density at radius 1 is 0.885 bits per heavy atom. The molecular formula is C19H12ClN3O3. The van der Waals surface area contributed by atoms with Crippen LogP contribution in [0.3, 0.4) is 0 Å². The number of hydrogen-bond acceptors (Lipinski definition) is 3. The van der Waals surface area contributed by atoms with E-state index in [0.717, 1.165) is 0 Å². The number of nitrogens with one attached hydrogen (secondary N) is 3. The molecule has 1 aromatic heterocycles. The number of amides is 1. The van der Waals surface area contributed by atoms with Crippen molar-refractivity contribution in [1.29, 1.82) is 0 Å². The summed E-state index contributed by atoms with van der Waals surface area (Å²) in [5.74, 6) is -0.432. The summed E-state index contributed by atoms with van der Waals surface area (Å²) in [6.07, 6.45) is 1.52. The quantitative estimate of drug-likeness (QED) is 0.592. The van der Waals surface area contributed by atoms with Crippen molar-refractivity contribution < 1.29 is 4.79 Å². The van der Waals surface area contributed by atoms with E-state index in [1.54, 1.807) is 48.5 Å². The zero-order valence-electron chi connectivity index (χ0n) is 13.3. The van der Waals surface area contributed by atoms with Crippen LogP contribution >= 0.6 is 11.6 Å². The Bertz CT molecular complexity index is 1290. The van der Waals surface area contributed by atoms with Crippen molar-refractivity contribution in [3.63, 3.8) is 0 Å². The standard InChI is InChI=1S/C19H12ClN3O3/c20-11-5-3-4-10(8-11)9-14-17(24)23-16(19(26)22-14)15-12-6-1-2-7-13(12)21-18(15)25/h1-9H,(H,21,25)(H,22,26)(H,23,24)/b14-9+,16-15-.